The molecule has 0 atom stereocenters. The van der Waals surface area contributed by atoms with Gasteiger partial charge in [-0.25, -0.2) is 4.79 Å². The molecule has 0 unspecified atom stereocenters. The Bertz CT molecular complexity index is 674. The Hall–Kier alpha value is -2.63. The van der Waals surface area contributed by atoms with Crippen LogP contribution in [-0.2, 0) is 11.3 Å². The first-order chi connectivity index (χ1) is 9.69. The summed E-state index contributed by atoms with van der Waals surface area (Å²) >= 11 is 0. The van der Waals surface area contributed by atoms with Crippen molar-refractivity contribution < 1.29 is 14.6 Å². The van der Waals surface area contributed by atoms with Gasteiger partial charge in [-0.2, -0.15) is 0 Å². The number of carbonyl (C=O) groups excluding carboxylic acids is 1. The topological polar surface area (TPSA) is 76.2 Å². The number of amides is 1. The SMILES string of the molecule is C=CCn1c(O)c(N=NC(=O)OCC)c2ccccc21. The van der Waals surface area contributed by atoms with E-state index in [2.05, 4.69) is 21.5 Å². The van der Waals surface area contributed by atoms with Crippen LogP contribution in [0.4, 0.5) is 10.5 Å². The van der Waals surface area contributed by atoms with Crippen LogP contribution in [0.15, 0.2) is 47.1 Å². The average Bonchev–Trinajstić information content (AvgIpc) is 2.71. The fraction of sp³-hybridized carbons (Fsp3) is 0.214. The summed E-state index contributed by atoms with van der Waals surface area (Å²) in [6, 6.07) is 7.33. The predicted octanol–water partition coefficient (Wildman–Crippen LogP) is 3.77. The maximum Gasteiger partial charge on any atom is 0.452 e. The Morgan fingerprint density at radius 3 is 2.95 bits per heavy atom. The van der Waals surface area contributed by atoms with E-state index in [0.29, 0.717) is 11.9 Å². The Balaban J connectivity index is 2.50. The van der Waals surface area contributed by atoms with Gasteiger partial charge in [-0.15, -0.1) is 11.7 Å². The number of aromatic hydroxyl groups is 1. The van der Waals surface area contributed by atoms with Gasteiger partial charge in [-0.1, -0.05) is 29.4 Å². The molecule has 0 aliphatic heterocycles. The monoisotopic (exact) mass is 273 g/mol. The molecule has 104 valence electrons. The Morgan fingerprint density at radius 2 is 2.25 bits per heavy atom. The molecule has 0 radical (unpaired) electrons. The molecule has 2 aromatic rings. The summed E-state index contributed by atoms with van der Waals surface area (Å²) in [5.41, 5.74) is 1.04. The quantitative estimate of drug-likeness (QED) is 0.680. The minimum atomic E-state index is -0.785. The molecule has 0 saturated heterocycles. The summed E-state index contributed by atoms with van der Waals surface area (Å²) in [5.74, 6) is -0.0563. The highest BCUT2D eigenvalue weighted by molar-refractivity contribution is 5.95. The lowest BCUT2D eigenvalue weighted by Gasteiger charge is -2.01. The van der Waals surface area contributed by atoms with Gasteiger partial charge in [0, 0.05) is 11.9 Å². The van der Waals surface area contributed by atoms with Crippen LogP contribution in [0.5, 0.6) is 5.88 Å². The molecule has 0 aliphatic carbocycles. The number of rotatable bonds is 4. The van der Waals surface area contributed by atoms with Gasteiger partial charge in [-0.3, -0.25) is 0 Å². The number of benzene rings is 1. The molecule has 6 nitrogen and oxygen atoms in total. The predicted molar refractivity (Wildman–Crippen MR) is 75.3 cm³/mol. The molecule has 0 saturated carbocycles. The zero-order valence-corrected chi connectivity index (χ0v) is 11.1. The van der Waals surface area contributed by atoms with Gasteiger partial charge in [0.15, 0.2) is 5.69 Å². The smallest absolute Gasteiger partial charge is 0.452 e. The lowest BCUT2D eigenvalue weighted by atomic mass is 10.2. The first kappa shape index (κ1) is 13.8. The lowest BCUT2D eigenvalue weighted by molar-refractivity contribution is 0.162. The van der Waals surface area contributed by atoms with Crippen LogP contribution in [0, 0.1) is 0 Å². The number of aromatic nitrogens is 1. The molecule has 20 heavy (non-hydrogen) atoms. The lowest BCUT2D eigenvalue weighted by Crippen LogP contribution is -1.95. The van der Waals surface area contributed by atoms with Crippen molar-refractivity contribution in [3.8, 4) is 5.88 Å². The molecule has 1 amide bonds. The van der Waals surface area contributed by atoms with Crippen molar-refractivity contribution in [1.29, 1.82) is 0 Å². The molecular weight excluding hydrogens is 258 g/mol. The molecule has 6 heteroatoms. The third-order valence-electron chi connectivity index (χ3n) is 2.73. The number of carbonyl (C=O) groups is 1. The van der Waals surface area contributed by atoms with E-state index in [1.54, 1.807) is 23.6 Å². The zero-order valence-electron chi connectivity index (χ0n) is 11.1. The van der Waals surface area contributed by atoms with Gasteiger partial charge >= 0.3 is 6.09 Å². The van der Waals surface area contributed by atoms with Gasteiger partial charge in [0.05, 0.1) is 12.1 Å². The van der Waals surface area contributed by atoms with Crippen molar-refractivity contribution in [2.45, 2.75) is 13.5 Å². The van der Waals surface area contributed by atoms with Gasteiger partial charge in [-0.05, 0) is 13.0 Å². The second-order valence-corrected chi connectivity index (χ2v) is 3.99. The van der Waals surface area contributed by atoms with Gasteiger partial charge < -0.3 is 14.4 Å². The Kier molecular flexibility index (Phi) is 4.14. The van der Waals surface area contributed by atoms with Crippen LogP contribution in [-0.4, -0.2) is 22.4 Å². The van der Waals surface area contributed by atoms with Crippen LogP contribution in [0.1, 0.15) is 6.92 Å². The minimum absolute atomic E-state index is 0.0563. The van der Waals surface area contributed by atoms with Crippen molar-refractivity contribution in [3.05, 3.63) is 36.9 Å². The van der Waals surface area contributed by atoms with Gasteiger partial charge in [0.1, 0.15) is 0 Å². The Morgan fingerprint density at radius 1 is 1.50 bits per heavy atom. The van der Waals surface area contributed by atoms with Crippen molar-refractivity contribution in [2.75, 3.05) is 6.61 Å². The number of ether oxygens (including phenoxy) is 1. The number of azo groups is 1. The fourth-order valence-corrected chi connectivity index (χ4v) is 1.93. The van der Waals surface area contributed by atoms with E-state index in [1.165, 1.54) is 0 Å². The van der Waals surface area contributed by atoms with Crippen molar-refractivity contribution in [2.24, 2.45) is 10.2 Å². The molecule has 0 spiro atoms. The van der Waals surface area contributed by atoms with E-state index in [9.17, 15) is 9.90 Å². The highest BCUT2D eigenvalue weighted by Crippen LogP contribution is 2.38. The van der Waals surface area contributed by atoms with Crippen LogP contribution in [0.25, 0.3) is 10.9 Å². The number of fused-ring (bicyclic) bond motifs is 1. The standard InChI is InChI=1S/C14H15N3O3/c1-3-9-17-11-8-6-5-7-10(11)12(13(17)18)15-16-14(19)20-4-2/h3,5-8,18H,1,4,9H2,2H3. The number of hydrogen-bond donors (Lipinski definition) is 1. The number of para-hydroxylation sites is 1. The van der Waals surface area contributed by atoms with Crippen molar-refractivity contribution in [3.63, 3.8) is 0 Å². The first-order valence-electron chi connectivity index (χ1n) is 6.18. The molecule has 0 aliphatic rings. The molecule has 1 aromatic carbocycles. The van der Waals surface area contributed by atoms with E-state index in [1.807, 2.05) is 18.2 Å². The van der Waals surface area contributed by atoms with Crippen molar-refractivity contribution >= 4 is 22.7 Å². The molecule has 1 heterocycles. The molecular formula is C14H15N3O3. The third-order valence-corrected chi connectivity index (χ3v) is 2.73. The zero-order chi connectivity index (χ0) is 14.5. The van der Waals surface area contributed by atoms with E-state index >= 15 is 0 Å². The summed E-state index contributed by atoms with van der Waals surface area (Å²) in [5, 5.41) is 18.1. The molecule has 2 rings (SSSR count). The number of hydrogen-bond acceptors (Lipinski definition) is 4. The number of allylic oxidation sites excluding steroid dienone is 1. The molecule has 0 bridgehead atoms. The normalized spacial score (nSPS) is 11.1. The summed E-state index contributed by atoms with van der Waals surface area (Å²) in [7, 11) is 0. The highest BCUT2D eigenvalue weighted by Gasteiger charge is 2.15. The van der Waals surface area contributed by atoms with E-state index in [0.717, 1.165) is 5.52 Å². The summed E-state index contributed by atoms with van der Waals surface area (Å²) < 4.78 is 6.31. The minimum Gasteiger partial charge on any atom is -0.493 e. The van der Waals surface area contributed by atoms with E-state index < -0.39 is 6.09 Å². The maximum atomic E-state index is 11.2. The van der Waals surface area contributed by atoms with E-state index in [-0.39, 0.29) is 18.2 Å². The van der Waals surface area contributed by atoms with Crippen LogP contribution in [0.2, 0.25) is 0 Å². The third kappa shape index (κ3) is 2.54. The largest absolute Gasteiger partial charge is 0.493 e. The first-order valence-corrected chi connectivity index (χ1v) is 6.18. The summed E-state index contributed by atoms with van der Waals surface area (Å²) in [4.78, 5) is 11.2. The molecule has 1 N–H and O–H groups in total. The van der Waals surface area contributed by atoms with E-state index in [4.69, 9.17) is 0 Å². The van der Waals surface area contributed by atoms with Crippen LogP contribution >= 0.6 is 0 Å². The van der Waals surface area contributed by atoms with Crippen LogP contribution < -0.4 is 0 Å². The highest BCUT2D eigenvalue weighted by atomic mass is 16.5. The second-order valence-electron chi connectivity index (χ2n) is 3.99. The van der Waals surface area contributed by atoms with Gasteiger partial charge in [0.25, 0.3) is 0 Å². The molecule has 1 aromatic heterocycles. The van der Waals surface area contributed by atoms with Gasteiger partial charge in [0.2, 0.25) is 5.88 Å². The summed E-state index contributed by atoms with van der Waals surface area (Å²) in [6.45, 7) is 5.99. The molecule has 0 fully saturated rings. The maximum absolute atomic E-state index is 11.2. The average molecular weight is 273 g/mol. The second kappa shape index (κ2) is 6.01. The summed E-state index contributed by atoms with van der Waals surface area (Å²) in [6.07, 6.45) is 0.880. The fourth-order valence-electron chi connectivity index (χ4n) is 1.93. The van der Waals surface area contributed by atoms with Crippen molar-refractivity contribution in [1.82, 2.24) is 4.57 Å². The Labute approximate surface area is 116 Å². The number of nitrogens with zero attached hydrogens (tertiary/aromatic N) is 3. The van der Waals surface area contributed by atoms with Crippen LogP contribution in [0.3, 0.4) is 0 Å².